The van der Waals surface area contributed by atoms with Gasteiger partial charge >= 0.3 is 0 Å². The minimum atomic E-state index is 1.01. The lowest BCUT2D eigenvalue weighted by Gasteiger charge is -2.16. The Morgan fingerprint density at radius 1 is 0.769 bits per heavy atom. The molecule has 0 aliphatic carbocycles. The van der Waals surface area contributed by atoms with Gasteiger partial charge in [0.25, 0.3) is 0 Å². The van der Waals surface area contributed by atoms with Crippen LogP contribution < -0.4 is 10.2 Å². The molecule has 1 N–H and O–H groups in total. The summed E-state index contributed by atoms with van der Waals surface area (Å²) in [6, 6.07) is 21.2. The Morgan fingerprint density at radius 3 is 2.19 bits per heavy atom. The standard InChI is InChI=1S/C23H23N3/c1-15-13-20-22(14-16(15)2)25-21-8-6-5-7-19(21)23(20)24-17-9-11-18(12-10-17)26(3)4/h5-14H,1-4H3,(H,24,25). The molecule has 26 heavy (non-hydrogen) atoms. The average Bonchev–Trinajstić information content (AvgIpc) is 2.63. The van der Waals surface area contributed by atoms with Crippen molar-refractivity contribution >= 4 is 38.9 Å². The molecule has 0 unspecified atom stereocenters. The predicted octanol–water partition coefficient (Wildman–Crippen LogP) is 5.81. The zero-order valence-corrected chi connectivity index (χ0v) is 15.7. The normalized spacial score (nSPS) is 11.1. The summed E-state index contributed by atoms with van der Waals surface area (Å²) >= 11 is 0. The summed E-state index contributed by atoms with van der Waals surface area (Å²) in [6.45, 7) is 4.29. The molecule has 0 saturated carbocycles. The molecule has 0 aliphatic heterocycles. The fourth-order valence-corrected chi connectivity index (χ4v) is 3.27. The second-order valence-electron chi connectivity index (χ2n) is 7.02. The van der Waals surface area contributed by atoms with Crippen LogP contribution in [0.15, 0.2) is 60.7 Å². The first-order chi connectivity index (χ1) is 12.5. The van der Waals surface area contributed by atoms with Crippen molar-refractivity contribution in [2.45, 2.75) is 13.8 Å². The van der Waals surface area contributed by atoms with E-state index in [1.807, 2.05) is 6.07 Å². The van der Waals surface area contributed by atoms with Crippen LogP contribution in [0.4, 0.5) is 17.1 Å². The number of para-hydroxylation sites is 1. The highest BCUT2D eigenvalue weighted by Gasteiger charge is 2.11. The van der Waals surface area contributed by atoms with E-state index < -0.39 is 0 Å². The van der Waals surface area contributed by atoms with Gasteiger partial charge in [-0.25, -0.2) is 4.98 Å². The number of benzene rings is 3. The Balaban J connectivity index is 1.91. The summed E-state index contributed by atoms with van der Waals surface area (Å²) in [5.74, 6) is 0. The number of nitrogens with one attached hydrogen (secondary N) is 1. The SMILES string of the molecule is Cc1cc2nc3ccccc3c(Nc3ccc(N(C)C)cc3)c2cc1C. The number of nitrogens with zero attached hydrogens (tertiary/aromatic N) is 2. The molecule has 1 heterocycles. The van der Waals surface area contributed by atoms with Crippen molar-refractivity contribution in [3.05, 3.63) is 71.8 Å². The molecule has 0 saturated heterocycles. The van der Waals surface area contributed by atoms with Crippen LogP contribution in [0, 0.1) is 13.8 Å². The second-order valence-corrected chi connectivity index (χ2v) is 7.02. The zero-order chi connectivity index (χ0) is 18.3. The lowest BCUT2D eigenvalue weighted by molar-refractivity contribution is 1.13. The van der Waals surface area contributed by atoms with E-state index in [1.165, 1.54) is 16.8 Å². The fourth-order valence-electron chi connectivity index (χ4n) is 3.27. The molecule has 0 atom stereocenters. The van der Waals surface area contributed by atoms with E-state index in [4.69, 9.17) is 4.98 Å². The third kappa shape index (κ3) is 2.86. The molecule has 0 fully saturated rings. The molecule has 3 heteroatoms. The zero-order valence-electron chi connectivity index (χ0n) is 15.7. The van der Waals surface area contributed by atoms with Crippen molar-refractivity contribution in [3.63, 3.8) is 0 Å². The molecular formula is C23H23N3. The molecule has 0 bridgehead atoms. The van der Waals surface area contributed by atoms with E-state index in [0.29, 0.717) is 0 Å². The minimum absolute atomic E-state index is 1.01. The summed E-state index contributed by atoms with van der Waals surface area (Å²) < 4.78 is 0. The van der Waals surface area contributed by atoms with Crippen LogP contribution in [0.5, 0.6) is 0 Å². The first-order valence-corrected chi connectivity index (χ1v) is 8.87. The summed E-state index contributed by atoms with van der Waals surface area (Å²) in [7, 11) is 4.11. The number of hydrogen-bond donors (Lipinski definition) is 1. The lowest BCUT2D eigenvalue weighted by Crippen LogP contribution is -2.08. The van der Waals surface area contributed by atoms with Gasteiger partial charge in [0, 0.05) is 36.2 Å². The largest absolute Gasteiger partial charge is 0.378 e. The maximum atomic E-state index is 4.87. The highest BCUT2D eigenvalue weighted by molar-refractivity contribution is 6.09. The molecule has 4 aromatic rings. The summed E-state index contributed by atoms with van der Waals surface area (Å²) in [5, 5.41) is 5.94. The Morgan fingerprint density at radius 2 is 1.46 bits per heavy atom. The lowest BCUT2D eigenvalue weighted by atomic mass is 10.0. The number of fused-ring (bicyclic) bond motifs is 2. The van der Waals surface area contributed by atoms with Crippen LogP contribution in [0.1, 0.15) is 11.1 Å². The second kappa shape index (κ2) is 6.34. The Bertz CT molecular complexity index is 1100. The van der Waals surface area contributed by atoms with Gasteiger partial charge in [-0.3, -0.25) is 0 Å². The van der Waals surface area contributed by atoms with Gasteiger partial charge in [-0.05, 0) is 67.4 Å². The summed E-state index contributed by atoms with van der Waals surface area (Å²) in [6.07, 6.45) is 0. The van der Waals surface area contributed by atoms with Gasteiger partial charge in [0.2, 0.25) is 0 Å². The van der Waals surface area contributed by atoms with E-state index >= 15 is 0 Å². The van der Waals surface area contributed by atoms with Crippen LogP contribution in [-0.2, 0) is 0 Å². The van der Waals surface area contributed by atoms with Crippen LogP contribution in [-0.4, -0.2) is 19.1 Å². The van der Waals surface area contributed by atoms with Crippen LogP contribution in [0.25, 0.3) is 21.8 Å². The molecule has 3 aromatic carbocycles. The topological polar surface area (TPSA) is 28.2 Å². The fraction of sp³-hybridized carbons (Fsp3) is 0.174. The Labute approximate surface area is 154 Å². The van der Waals surface area contributed by atoms with Gasteiger partial charge in [0.15, 0.2) is 0 Å². The molecule has 0 aliphatic rings. The average molecular weight is 341 g/mol. The van der Waals surface area contributed by atoms with Crippen molar-refractivity contribution in [1.29, 1.82) is 0 Å². The van der Waals surface area contributed by atoms with Crippen molar-refractivity contribution in [2.75, 3.05) is 24.3 Å². The third-order valence-electron chi connectivity index (χ3n) is 4.95. The summed E-state index contributed by atoms with van der Waals surface area (Å²) in [5.41, 5.74) is 7.96. The number of hydrogen-bond acceptors (Lipinski definition) is 3. The minimum Gasteiger partial charge on any atom is -0.378 e. The summed E-state index contributed by atoms with van der Waals surface area (Å²) in [4.78, 5) is 6.98. The van der Waals surface area contributed by atoms with Crippen LogP contribution in [0.3, 0.4) is 0 Å². The molecule has 4 rings (SSSR count). The Kier molecular flexibility index (Phi) is 4.00. The molecule has 0 radical (unpaired) electrons. The van der Waals surface area contributed by atoms with E-state index in [-0.39, 0.29) is 0 Å². The molecule has 1 aromatic heterocycles. The van der Waals surface area contributed by atoms with Gasteiger partial charge in [0.05, 0.1) is 16.7 Å². The molecule has 0 amide bonds. The number of pyridine rings is 1. The van der Waals surface area contributed by atoms with Gasteiger partial charge in [-0.15, -0.1) is 0 Å². The molecule has 0 spiro atoms. The first kappa shape index (κ1) is 16.4. The van der Waals surface area contributed by atoms with Gasteiger partial charge < -0.3 is 10.2 Å². The van der Waals surface area contributed by atoms with Crippen molar-refractivity contribution < 1.29 is 0 Å². The van der Waals surface area contributed by atoms with Gasteiger partial charge in [-0.1, -0.05) is 18.2 Å². The highest BCUT2D eigenvalue weighted by atomic mass is 15.1. The van der Waals surface area contributed by atoms with Crippen molar-refractivity contribution in [3.8, 4) is 0 Å². The molecule has 130 valence electrons. The monoisotopic (exact) mass is 341 g/mol. The molecule has 3 nitrogen and oxygen atoms in total. The number of anilines is 3. The quantitative estimate of drug-likeness (QED) is 0.476. The van der Waals surface area contributed by atoms with E-state index in [2.05, 4.69) is 92.8 Å². The number of aryl methyl sites for hydroxylation is 2. The van der Waals surface area contributed by atoms with E-state index in [0.717, 1.165) is 33.2 Å². The van der Waals surface area contributed by atoms with E-state index in [1.54, 1.807) is 0 Å². The van der Waals surface area contributed by atoms with Gasteiger partial charge in [0.1, 0.15) is 0 Å². The van der Waals surface area contributed by atoms with Crippen LogP contribution >= 0.6 is 0 Å². The number of rotatable bonds is 3. The predicted molar refractivity (Wildman–Crippen MR) is 113 cm³/mol. The Hall–Kier alpha value is -3.07. The third-order valence-corrected chi connectivity index (χ3v) is 4.95. The maximum Gasteiger partial charge on any atom is 0.0733 e. The van der Waals surface area contributed by atoms with Crippen molar-refractivity contribution in [1.82, 2.24) is 4.98 Å². The van der Waals surface area contributed by atoms with E-state index in [9.17, 15) is 0 Å². The van der Waals surface area contributed by atoms with Crippen LogP contribution in [0.2, 0.25) is 0 Å². The maximum absolute atomic E-state index is 4.87. The van der Waals surface area contributed by atoms with Crippen molar-refractivity contribution in [2.24, 2.45) is 0 Å². The number of aromatic nitrogens is 1. The molecular weight excluding hydrogens is 318 g/mol. The smallest absolute Gasteiger partial charge is 0.0733 e. The van der Waals surface area contributed by atoms with Gasteiger partial charge in [-0.2, -0.15) is 0 Å². The highest BCUT2D eigenvalue weighted by Crippen LogP contribution is 2.34. The first-order valence-electron chi connectivity index (χ1n) is 8.87.